The van der Waals surface area contributed by atoms with Crippen molar-refractivity contribution in [3.8, 4) is 5.75 Å². The predicted octanol–water partition coefficient (Wildman–Crippen LogP) is 5.16. The zero-order chi connectivity index (χ0) is 20.8. The average molecular weight is 388 g/mol. The molecule has 1 unspecified atom stereocenters. The van der Waals surface area contributed by atoms with Gasteiger partial charge in [0.2, 0.25) is 5.78 Å². The Morgan fingerprint density at radius 3 is 2.00 bits per heavy atom. The quantitative estimate of drug-likeness (QED) is 0.414. The molecule has 0 amide bonds. The molecule has 3 aromatic carbocycles. The van der Waals surface area contributed by atoms with E-state index in [1.165, 1.54) is 0 Å². The van der Waals surface area contributed by atoms with Crippen LogP contribution in [0.1, 0.15) is 38.7 Å². The van der Waals surface area contributed by atoms with E-state index in [1.807, 2.05) is 75.4 Å². The molecule has 3 rings (SSSR count). The van der Waals surface area contributed by atoms with Crippen LogP contribution in [0.4, 0.5) is 0 Å². The van der Waals surface area contributed by atoms with Gasteiger partial charge in [-0.05, 0) is 32.4 Å². The molecule has 0 fully saturated rings. The Bertz CT molecular complexity index is 988. The molecular formula is C25H24O4. The summed E-state index contributed by atoms with van der Waals surface area (Å²) in [7, 11) is 0. The van der Waals surface area contributed by atoms with Crippen LogP contribution < -0.4 is 4.74 Å². The van der Waals surface area contributed by atoms with Crippen molar-refractivity contribution in [2.45, 2.75) is 26.9 Å². The van der Waals surface area contributed by atoms with E-state index >= 15 is 0 Å². The van der Waals surface area contributed by atoms with Gasteiger partial charge in [0.15, 0.2) is 12.7 Å². The lowest BCUT2D eigenvalue weighted by molar-refractivity contribution is -0.149. The summed E-state index contributed by atoms with van der Waals surface area (Å²) in [4.78, 5) is 25.6. The summed E-state index contributed by atoms with van der Waals surface area (Å²) >= 11 is 0. The summed E-state index contributed by atoms with van der Waals surface area (Å²) in [5, 5.41) is 0. The first-order valence-electron chi connectivity index (χ1n) is 9.49. The largest absolute Gasteiger partial charge is 0.482 e. The molecule has 0 aromatic heterocycles. The van der Waals surface area contributed by atoms with Gasteiger partial charge in [0.25, 0.3) is 0 Å². The van der Waals surface area contributed by atoms with E-state index in [0.29, 0.717) is 16.9 Å². The average Bonchev–Trinajstić information content (AvgIpc) is 2.72. The second-order valence-electron chi connectivity index (χ2n) is 7.07. The van der Waals surface area contributed by atoms with Crippen LogP contribution in [0.3, 0.4) is 0 Å². The summed E-state index contributed by atoms with van der Waals surface area (Å²) in [6, 6.07) is 22.0. The molecule has 3 aromatic rings. The Morgan fingerprint density at radius 2 is 1.38 bits per heavy atom. The van der Waals surface area contributed by atoms with Crippen molar-refractivity contribution in [3.63, 3.8) is 0 Å². The molecule has 0 aliphatic carbocycles. The van der Waals surface area contributed by atoms with E-state index in [1.54, 1.807) is 18.2 Å². The number of rotatable bonds is 7. The standard InChI is InChI=1S/C25H24O4/c1-17-8-12-20(13-9-17)24(27)25(21-14-10-18(2)11-15-21)29-23(26)16-28-22-7-5-4-6-19(22)3/h4-15,25H,16H2,1-3H3. The molecule has 0 bridgehead atoms. The van der Waals surface area contributed by atoms with Crippen LogP contribution in [0.15, 0.2) is 72.8 Å². The third-order valence-corrected chi connectivity index (χ3v) is 4.64. The van der Waals surface area contributed by atoms with Gasteiger partial charge in [-0.25, -0.2) is 4.79 Å². The minimum atomic E-state index is -1.02. The Balaban J connectivity index is 1.78. The van der Waals surface area contributed by atoms with Crippen LogP contribution in [0, 0.1) is 20.8 Å². The first-order chi connectivity index (χ1) is 13.9. The van der Waals surface area contributed by atoms with Gasteiger partial charge in [-0.15, -0.1) is 0 Å². The molecule has 4 nitrogen and oxygen atoms in total. The van der Waals surface area contributed by atoms with Crippen LogP contribution in [0.25, 0.3) is 0 Å². The third-order valence-electron chi connectivity index (χ3n) is 4.64. The number of carbonyl (C=O) groups is 2. The van der Waals surface area contributed by atoms with E-state index in [9.17, 15) is 9.59 Å². The summed E-state index contributed by atoms with van der Waals surface area (Å²) in [6.07, 6.45) is -1.02. The molecule has 0 aliphatic heterocycles. The minimum Gasteiger partial charge on any atom is -0.482 e. The highest BCUT2D eigenvalue weighted by atomic mass is 16.6. The molecule has 0 saturated carbocycles. The molecular weight excluding hydrogens is 364 g/mol. The zero-order valence-corrected chi connectivity index (χ0v) is 16.8. The van der Waals surface area contributed by atoms with Crippen molar-refractivity contribution < 1.29 is 19.1 Å². The van der Waals surface area contributed by atoms with Crippen LogP contribution in [0.5, 0.6) is 5.75 Å². The lowest BCUT2D eigenvalue weighted by Gasteiger charge is -2.18. The van der Waals surface area contributed by atoms with E-state index < -0.39 is 12.1 Å². The number of ketones is 1. The molecule has 29 heavy (non-hydrogen) atoms. The normalized spacial score (nSPS) is 11.6. The molecule has 0 spiro atoms. The second kappa shape index (κ2) is 9.20. The van der Waals surface area contributed by atoms with Crippen molar-refractivity contribution in [1.82, 2.24) is 0 Å². The first kappa shape index (κ1) is 20.3. The molecule has 0 radical (unpaired) electrons. The van der Waals surface area contributed by atoms with E-state index in [2.05, 4.69) is 0 Å². The molecule has 1 atom stereocenters. The third kappa shape index (κ3) is 5.32. The fourth-order valence-electron chi connectivity index (χ4n) is 2.90. The van der Waals surface area contributed by atoms with Crippen molar-refractivity contribution in [3.05, 3.63) is 101 Å². The van der Waals surface area contributed by atoms with Gasteiger partial charge in [0.1, 0.15) is 5.75 Å². The fraction of sp³-hybridized carbons (Fsp3) is 0.200. The smallest absolute Gasteiger partial charge is 0.345 e. The maximum Gasteiger partial charge on any atom is 0.345 e. The Labute approximate surface area is 171 Å². The Morgan fingerprint density at radius 1 is 0.793 bits per heavy atom. The van der Waals surface area contributed by atoms with Gasteiger partial charge in [-0.2, -0.15) is 0 Å². The van der Waals surface area contributed by atoms with Gasteiger partial charge in [-0.3, -0.25) is 4.79 Å². The van der Waals surface area contributed by atoms with Gasteiger partial charge in [-0.1, -0.05) is 77.9 Å². The number of benzene rings is 3. The van der Waals surface area contributed by atoms with Gasteiger partial charge >= 0.3 is 5.97 Å². The Kier molecular flexibility index (Phi) is 6.45. The van der Waals surface area contributed by atoms with E-state index in [-0.39, 0.29) is 12.4 Å². The number of carbonyl (C=O) groups excluding carboxylic acids is 2. The van der Waals surface area contributed by atoms with Gasteiger partial charge < -0.3 is 9.47 Å². The van der Waals surface area contributed by atoms with Crippen LogP contribution in [-0.4, -0.2) is 18.4 Å². The summed E-state index contributed by atoms with van der Waals surface area (Å²) in [6.45, 7) is 5.54. The fourth-order valence-corrected chi connectivity index (χ4v) is 2.90. The highest BCUT2D eigenvalue weighted by Crippen LogP contribution is 2.24. The number of hydrogen-bond acceptors (Lipinski definition) is 4. The zero-order valence-electron chi connectivity index (χ0n) is 16.8. The van der Waals surface area contributed by atoms with Crippen LogP contribution in [0.2, 0.25) is 0 Å². The van der Waals surface area contributed by atoms with Crippen molar-refractivity contribution in [1.29, 1.82) is 0 Å². The van der Waals surface area contributed by atoms with Crippen molar-refractivity contribution in [2.75, 3.05) is 6.61 Å². The monoisotopic (exact) mass is 388 g/mol. The number of ether oxygens (including phenoxy) is 2. The second-order valence-corrected chi connectivity index (χ2v) is 7.07. The number of hydrogen-bond donors (Lipinski definition) is 0. The van der Waals surface area contributed by atoms with Crippen molar-refractivity contribution >= 4 is 11.8 Å². The molecule has 0 aliphatic rings. The van der Waals surface area contributed by atoms with Gasteiger partial charge in [0, 0.05) is 11.1 Å². The SMILES string of the molecule is Cc1ccc(C(=O)C(OC(=O)COc2ccccc2C)c2ccc(C)cc2)cc1. The number of para-hydroxylation sites is 1. The molecule has 4 heteroatoms. The lowest BCUT2D eigenvalue weighted by Crippen LogP contribution is -2.24. The molecule has 148 valence electrons. The minimum absolute atomic E-state index is 0.266. The molecule has 0 N–H and O–H groups in total. The van der Waals surface area contributed by atoms with Crippen LogP contribution >= 0.6 is 0 Å². The van der Waals surface area contributed by atoms with E-state index in [0.717, 1.165) is 16.7 Å². The lowest BCUT2D eigenvalue weighted by atomic mass is 9.98. The highest BCUT2D eigenvalue weighted by Gasteiger charge is 2.26. The first-order valence-corrected chi connectivity index (χ1v) is 9.49. The number of Topliss-reactive ketones (excluding diaryl/α,β-unsaturated/α-hetero) is 1. The topological polar surface area (TPSA) is 52.6 Å². The summed E-state index contributed by atoms with van der Waals surface area (Å²) in [5.41, 5.74) is 4.16. The molecule has 0 saturated heterocycles. The highest BCUT2D eigenvalue weighted by molar-refractivity contribution is 6.01. The summed E-state index contributed by atoms with van der Waals surface area (Å²) in [5.74, 6) is -0.251. The maximum absolute atomic E-state index is 13.1. The van der Waals surface area contributed by atoms with E-state index in [4.69, 9.17) is 9.47 Å². The van der Waals surface area contributed by atoms with Gasteiger partial charge in [0.05, 0.1) is 0 Å². The number of aryl methyl sites for hydroxylation is 3. The predicted molar refractivity (Wildman–Crippen MR) is 112 cm³/mol. The van der Waals surface area contributed by atoms with Crippen LogP contribution in [-0.2, 0) is 9.53 Å². The van der Waals surface area contributed by atoms with Crippen molar-refractivity contribution in [2.24, 2.45) is 0 Å². The molecule has 0 heterocycles. The Hall–Kier alpha value is -3.40. The number of esters is 1. The summed E-state index contributed by atoms with van der Waals surface area (Å²) < 4.78 is 11.1. The maximum atomic E-state index is 13.1.